The summed E-state index contributed by atoms with van der Waals surface area (Å²) in [7, 11) is 0. The van der Waals surface area contributed by atoms with E-state index >= 15 is 0 Å². The summed E-state index contributed by atoms with van der Waals surface area (Å²) >= 11 is 0. The second kappa shape index (κ2) is 5.38. The molecule has 0 aromatic heterocycles. The zero-order valence-corrected chi connectivity index (χ0v) is 11.3. The minimum Gasteiger partial charge on any atom is -0.341 e. The Bertz CT molecular complexity index is 263. The first-order valence-electron chi connectivity index (χ1n) is 7.17. The highest BCUT2D eigenvalue weighted by molar-refractivity contribution is 5.82. The van der Waals surface area contributed by atoms with Gasteiger partial charge in [-0.05, 0) is 37.6 Å². The van der Waals surface area contributed by atoms with E-state index in [4.69, 9.17) is 0 Å². The van der Waals surface area contributed by atoms with Gasteiger partial charge in [0.15, 0.2) is 0 Å². The van der Waals surface area contributed by atoms with E-state index in [0.29, 0.717) is 11.3 Å². The summed E-state index contributed by atoms with van der Waals surface area (Å²) in [6, 6.07) is 0.106. The Hall–Kier alpha value is -0.570. The third kappa shape index (κ3) is 3.01. The fraction of sp³-hybridized carbons (Fsp3) is 0.929. The average molecular weight is 238 g/mol. The molecule has 98 valence electrons. The molecular weight excluding hydrogens is 212 g/mol. The molecule has 1 N–H and O–H groups in total. The van der Waals surface area contributed by atoms with Crippen molar-refractivity contribution in [1.29, 1.82) is 0 Å². The Morgan fingerprint density at radius 1 is 1.35 bits per heavy atom. The van der Waals surface area contributed by atoms with Crippen molar-refractivity contribution in [3.8, 4) is 0 Å². The second-order valence-electron chi connectivity index (χ2n) is 5.99. The van der Waals surface area contributed by atoms with Crippen molar-refractivity contribution in [2.75, 3.05) is 19.6 Å². The quantitative estimate of drug-likeness (QED) is 0.799. The maximum absolute atomic E-state index is 12.3. The molecule has 0 spiro atoms. The van der Waals surface area contributed by atoms with Crippen LogP contribution in [0.15, 0.2) is 0 Å². The maximum atomic E-state index is 12.3. The number of hydrogen-bond donors (Lipinski definition) is 1. The number of carbonyl (C=O) groups excluding carboxylic acids is 1. The summed E-state index contributed by atoms with van der Waals surface area (Å²) in [5.74, 6) is 0.350. The van der Waals surface area contributed by atoms with Crippen LogP contribution in [0.4, 0.5) is 0 Å². The fourth-order valence-electron chi connectivity index (χ4n) is 2.90. The van der Waals surface area contributed by atoms with Crippen molar-refractivity contribution < 1.29 is 4.79 Å². The Labute approximate surface area is 105 Å². The molecule has 17 heavy (non-hydrogen) atoms. The van der Waals surface area contributed by atoms with Crippen LogP contribution >= 0.6 is 0 Å². The highest BCUT2D eigenvalue weighted by atomic mass is 16.2. The number of nitrogens with one attached hydrogen (secondary N) is 1. The molecule has 2 rings (SSSR count). The molecule has 0 aliphatic carbocycles. The topological polar surface area (TPSA) is 32.3 Å². The predicted octanol–water partition coefficient (Wildman–Crippen LogP) is 2.17. The Balaban J connectivity index is 1.85. The summed E-state index contributed by atoms with van der Waals surface area (Å²) in [5.41, 5.74) is 0.469. The highest BCUT2D eigenvalue weighted by Crippen LogP contribution is 2.34. The van der Waals surface area contributed by atoms with Gasteiger partial charge in [0.2, 0.25) is 5.91 Å². The minimum atomic E-state index is 0.106. The van der Waals surface area contributed by atoms with Crippen LogP contribution in [0.5, 0.6) is 0 Å². The zero-order valence-electron chi connectivity index (χ0n) is 11.3. The van der Waals surface area contributed by atoms with Crippen LogP contribution in [0.1, 0.15) is 52.4 Å². The van der Waals surface area contributed by atoms with Gasteiger partial charge in [0.1, 0.15) is 0 Å². The molecule has 0 aromatic rings. The van der Waals surface area contributed by atoms with Gasteiger partial charge in [-0.25, -0.2) is 0 Å². The van der Waals surface area contributed by atoms with Gasteiger partial charge in [0, 0.05) is 13.1 Å². The lowest BCUT2D eigenvalue weighted by Crippen LogP contribution is -2.51. The normalized spacial score (nSPS) is 29.1. The lowest BCUT2D eigenvalue weighted by atomic mass is 9.78. The Morgan fingerprint density at radius 2 is 2.06 bits per heavy atom. The molecule has 0 unspecified atom stereocenters. The number of rotatable bonds is 2. The van der Waals surface area contributed by atoms with Crippen molar-refractivity contribution in [3.05, 3.63) is 0 Å². The number of carbonyl (C=O) groups is 1. The largest absolute Gasteiger partial charge is 0.341 e. The van der Waals surface area contributed by atoms with E-state index in [0.717, 1.165) is 26.1 Å². The molecule has 2 aliphatic rings. The zero-order chi connectivity index (χ0) is 12.3. The first-order valence-corrected chi connectivity index (χ1v) is 7.17. The Morgan fingerprint density at radius 3 is 2.59 bits per heavy atom. The monoisotopic (exact) mass is 238 g/mol. The van der Waals surface area contributed by atoms with Crippen molar-refractivity contribution in [1.82, 2.24) is 10.2 Å². The smallest absolute Gasteiger partial charge is 0.239 e. The molecule has 0 aromatic carbocycles. The van der Waals surface area contributed by atoms with Crippen LogP contribution in [0.3, 0.4) is 0 Å². The molecule has 0 bridgehead atoms. The molecule has 2 aliphatic heterocycles. The Kier molecular flexibility index (Phi) is 4.08. The fourth-order valence-corrected chi connectivity index (χ4v) is 2.90. The summed E-state index contributed by atoms with van der Waals surface area (Å²) < 4.78 is 0. The highest BCUT2D eigenvalue weighted by Gasteiger charge is 2.33. The lowest BCUT2D eigenvalue weighted by molar-refractivity contribution is -0.136. The van der Waals surface area contributed by atoms with E-state index in [2.05, 4.69) is 24.1 Å². The summed E-state index contributed by atoms with van der Waals surface area (Å²) in [4.78, 5) is 14.4. The predicted molar refractivity (Wildman–Crippen MR) is 69.9 cm³/mol. The van der Waals surface area contributed by atoms with Gasteiger partial charge in [-0.1, -0.05) is 26.7 Å². The van der Waals surface area contributed by atoms with Gasteiger partial charge in [0.25, 0.3) is 0 Å². The average Bonchev–Trinajstić information content (AvgIpc) is 2.40. The van der Waals surface area contributed by atoms with Crippen molar-refractivity contribution in [3.63, 3.8) is 0 Å². The first-order chi connectivity index (χ1) is 8.14. The third-order valence-corrected chi connectivity index (χ3v) is 4.74. The molecular formula is C14H26N2O. The van der Waals surface area contributed by atoms with Gasteiger partial charge in [-0.2, -0.15) is 0 Å². The van der Waals surface area contributed by atoms with Crippen LogP contribution in [-0.4, -0.2) is 36.5 Å². The van der Waals surface area contributed by atoms with E-state index < -0.39 is 0 Å². The summed E-state index contributed by atoms with van der Waals surface area (Å²) in [5, 5.41) is 3.36. The maximum Gasteiger partial charge on any atom is 0.239 e. The molecule has 2 heterocycles. The van der Waals surface area contributed by atoms with Gasteiger partial charge in [-0.3, -0.25) is 4.79 Å². The van der Waals surface area contributed by atoms with Crippen molar-refractivity contribution >= 4 is 5.91 Å². The number of hydrogen-bond acceptors (Lipinski definition) is 2. The third-order valence-electron chi connectivity index (χ3n) is 4.74. The van der Waals surface area contributed by atoms with Crippen LogP contribution in [0.25, 0.3) is 0 Å². The lowest BCUT2D eigenvalue weighted by Gasteiger charge is -2.40. The van der Waals surface area contributed by atoms with Crippen LogP contribution in [-0.2, 0) is 4.79 Å². The number of nitrogens with zero attached hydrogens (tertiary/aromatic N) is 1. The number of likely N-dealkylation sites (tertiary alicyclic amines) is 1. The molecule has 0 saturated carbocycles. The van der Waals surface area contributed by atoms with Crippen LogP contribution < -0.4 is 5.32 Å². The summed E-state index contributed by atoms with van der Waals surface area (Å²) in [6.07, 6.45) is 7.02. The molecule has 3 nitrogen and oxygen atoms in total. The summed E-state index contributed by atoms with van der Waals surface area (Å²) in [6.45, 7) is 7.55. The van der Waals surface area contributed by atoms with Gasteiger partial charge in [0.05, 0.1) is 6.04 Å². The standard InChI is InChI=1S/C14H26N2O/c1-3-14(2)7-10-16(11-8-14)13(17)12-6-4-5-9-15-12/h12,15H,3-11H2,1-2H3/t12-/m1/s1. The number of piperidine rings is 2. The first kappa shape index (κ1) is 12.9. The van der Waals surface area contributed by atoms with Crippen molar-refractivity contribution in [2.45, 2.75) is 58.4 Å². The van der Waals surface area contributed by atoms with Gasteiger partial charge in [-0.15, -0.1) is 0 Å². The van der Waals surface area contributed by atoms with E-state index in [1.54, 1.807) is 0 Å². The van der Waals surface area contributed by atoms with Crippen molar-refractivity contribution in [2.24, 2.45) is 5.41 Å². The second-order valence-corrected chi connectivity index (χ2v) is 5.99. The molecule has 3 heteroatoms. The molecule has 2 fully saturated rings. The molecule has 0 radical (unpaired) electrons. The van der Waals surface area contributed by atoms with Crippen LogP contribution in [0, 0.1) is 5.41 Å². The molecule has 1 atom stereocenters. The molecule has 1 amide bonds. The van der Waals surface area contributed by atoms with E-state index in [9.17, 15) is 4.79 Å². The van der Waals surface area contributed by atoms with Gasteiger partial charge < -0.3 is 10.2 Å². The SMILES string of the molecule is CCC1(C)CCN(C(=O)[C@H]2CCCCN2)CC1. The minimum absolute atomic E-state index is 0.106. The van der Waals surface area contributed by atoms with Gasteiger partial charge >= 0.3 is 0 Å². The van der Waals surface area contributed by atoms with E-state index in [1.165, 1.54) is 32.1 Å². The van der Waals surface area contributed by atoms with Crippen LogP contribution in [0.2, 0.25) is 0 Å². The van der Waals surface area contributed by atoms with E-state index in [1.807, 2.05) is 0 Å². The number of amides is 1. The molecule has 2 saturated heterocycles. The van der Waals surface area contributed by atoms with E-state index in [-0.39, 0.29) is 6.04 Å².